The molecule has 20 heavy (non-hydrogen) atoms. The second kappa shape index (κ2) is 4.43. The summed E-state index contributed by atoms with van der Waals surface area (Å²) < 4.78 is 1.85. The van der Waals surface area contributed by atoms with Crippen LogP contribution >= 0.6 is 0 Å². The van der Waals surface area contributed by atoms with Gasteiger partial charge in [-0.25, -0.2) is 0 Å². The Hall–Kier alpha value is -1.65. The normalized spacial score (nSPS) is 18.0. The predicted molar refractivity (Wildman–Crippen MR) is 79.9 cm³/mol. The first-order valence-corrected chi connectivity index (χ1v) is 7.34. The number of fused-ring (bicyclic) bond motifs is 1. The zero-order chi connectivity index (χ0) is 14.4. The monoisotopic (exact) mass is 273 g/mol. The molecule has 2 heterocycles. The van der Waals surface area contributed by atoms with E-state index in [-0.39, 0.29) is 5.41 Å². The van der Waals surface area contributed by atoms with Crippen molar-refractivity contribution in [3.63, 3.8) is 0 Å². The van der Waals surface area contributed by atoms with E-state index in [0.29, 0.717) is 5.41 Å². The van der Waals surface area contributed by atoms with Gasteiger partial charge in [0.15, 0.2) is 11.5 Å². The molecular formula is C15H23N5. The third-order valence-corrected chi connectivity index (χ3v) is 4.19. The number of hydrogen-bond donors (Lipinski definition) is 1. The molecule has 0 bridgehead atoms. The van der Waals surface area contributed by atoms with E-state index in [0.717, 1.165) is 23.8 Å². The molecule has 1 saturated carbocycles. The summed E-state index contributed by atoms with van der Waals surface area (Å²) in [4.78, 5) is 0. The lowest BCUT2D eigenvalue weighted by atomic mass is 9.70. The lowest BCUT2D eigenvalue weighted by Gasteiger charge is -2.38. The van der Waals surface area contributed by atoms with Gasteiger partial charge in [-0.2, -0.15) is 4.52 Å². The molecule has 108 valence electrons. The van der Waals surface area contributed by atoms with Crippen LogP contribution in [0.3, 0.4) is 0 Å². The third kappa shape index (κ3) is 2.37. The number of hydrogen-bond acceptors (Lipinski definition) is 4. The van der Waals surface area contributed by atoms with E-state index in [1.54, 1.807) is 0 Å². The maximum absolute atomic E-state index is 4.64. The highest BCUT2D eigenvalue weighted by atomic mass is 15.4. The number of anilines is 1. The minimum absolute atomic E-state index is 0.0645. The first kappa shape index (κ1) is 13.3. The Balaban J connectivity index is 1.85. The summed E-state index contributed by atoms with van der Waals surface area (Å²) in [5.74, 6) is 1.79. The van der Waals surface area contributed by atoms with Gasteiger partial charge in [-0.15, -0.1) is 15.3 Å². The van der Waals surface area contributed by atoms with Crippen molar-refractivity contribution in [3.8, 4) is 0 Å². The van der Waals surface area contributed by atoms with Crippen molar-refractivity contribution < 1.29 is 0 Å². The average Bonchev–Trinajstić information content (AvgIpc) is 2.76. The molecule has 0 spiro atoms. The van der Waals surface area contributed by atoms with Crippen LogP contribution in [0.25, 0.3) is 5.65 Å². The highest BCUT2D eigenvalue weighted by Crippen LogP contribution is 2.40. The Morgan fingerprint density at radius 1 is 1.25 bits per heavy atom. The Morgan fingerprint density at radius 3 is 2.60 bits per heavy atom. The van der Waals surface area contributed by atoms with Crippen molar-refractivity contribution in [3.05, 3.63) is 18.0 Å². The van der Waals surface area contributed by atoms with Gasteiger partial charge < -0.3 is 5.32 Å². The molecule has 5 heteroatoms. The summed E-state index contributed by atoms with van der Waals surface area (Å²) in [5.41, 5.74) is 1.18. The van der Waals surface area contributed by atoms with Crippen LogP contribution in [0.5, 0.6) is 0 Å². The van der Waals surface area contributed by atoms with Crippen molar-refractivity contribution in [2.24, 2.45) is 5.41 Å². The maximum atomic E-state index is 4.64. The summed E-state index contributed by atoms with van der Waals surface area (Å²) in [7, 11) is 0. The molecule has 2 aromatic heterocycles. The van der Waals surface area contributed by atoms with Gasteiger partial charge in [0.25, 0.3) is 0 Å². The molecular weight excluding hydrogens is 250 g/mol. The molecule has 2 aromatic rings. The fourth-order valence-corrected chi connectivity index (χ4v) is 2.61. The summed E-state index contributed by atoms with van der Waals surface area (Å²) in [6, 6.07) is 3.96. The summed E-state index contributed by atoms with van der Waals surface area (Å²) in [6.07, 6.45) is 3.97. The second-order valence-corrected chi connectivity index (χ2v) is 7.28. The van der Waals surface area contributed by atoms with Gasteiger partial charge in [-0.3, -0.25) is 0 Å². The molecule has 0 radical (unpaired) electrons. The van der Waals surface area contributed by atoms with Gasteiger partial charge in [-0.1, -0.05) is 34.1 Å². The molecule has 0 aromatic carbocycles. The van der Waals surface area contributed by atoms with Crippen LogP contribution in [0.2, 0.25) is 0 Å². The van der Waals surface area contributed by atoms with Crippen LogP contribution < -0.4 is 5.32 Å². The van der Waals surface area contributed by atoms with Crippen molar-refractivity contribution >= 4 is 11.5 Å². The second-order valence-electron chi connectivity index (χ2n) is 7.28. The fraction of sp³-hybridized carbons (Fsp3) is 0.667. The van der Waals surface area contributed by atoms with E-state index < -0.39 is 0 Å². The molecule has 0 aliphatic heterocycles. The number of aromatic nitrogens is 4. The standard InChI is InChI=1S/C15H23N5/c1-14(2,3)13-18-17-12-7-6-11(19-20(12)13)16-10-15(4)8-5-9-15/h6-7H,5,8-10H2,1-4H3,(H,16,19). The van der Waals surface area contributed by atoms with Crippen molar-refractivity contribution in [2.45, 2.75) is 52.4 Å². The van der Waals surface area contributed by atoms with E-state index in [1.807, 2.05) is 16.6 Å². The molecule has 3 rings (SSSR count). The minimum atomic E-state index is -0.0645. The largest absolute Gasteiger partial charge is 0.368 e. The zero-order valence-corrected chi connectivity index (χ0v) is 12.8. The van der Waals surface area contributed by atoms with E-state index in [1.165, 1.54) is 19.3 Å². The van der Waals surface area contributed by atoms with Crippen LogP contribution in [0, 0.1) is 5.41 Å². The first-order valence-electron chi connectivity index (χ1n) is 7.34. The van der Waals surface area contributed by atoms with E-state index in [4.69, 9.17) is 0 Å². The molecule has 0 amide bonds. The number of rotatable bonds is 3. The molecule has 0 saturated heterocycles. The summed E-state index contributed by atoms with van der Waals surface area (Å²) >= 11 is 0. The zero-order valence-electron chi connectivity index (χ0n) is 12.8. The van der Waals surface area contributed by atoms with Crippen molar-refractivity contribution in [1.29, 1.82) is 0 Å². The lowest BCUT2D eigenvalue weighted by Crippen LogP contribution is -2.33. The quantitative estimate of drug-likeness (QED) is 0.934. The van der Waals surface area contributed by atoms with Gasteiger partial charge in [-0.05, 0) is 30.4 Å². The number of nitrogens with zero attached hydrogens (tertiary/aromatic N) is 4. The topological polar surface area (TPSA) is 55.1 Å². The minimum Gasteiger partial charge on any atom is -0.368 e. The fourth-order valence-electron chi connectivity index (χ4n) is 2.61. The number of nitrogens with one attached hydrogen (secondary N) is 1. The third-order valence-electron chi connectivity index (χ3n) is 4.19. The van der Waals surface area contributed by atoms with Gasteiger partial charge in [0, 0.05) is 12.0 Å². The highest BCUT2D eigenvalue weighted by Gasteiger charge is 2.31. The van der Waals surface area contributed by atoms with Crippen LogP contribution in [0.15, 0.2) is 12.1 Å². The van der Waals surface area contributed by atoms with Crippen LogP contribution in [0.1, 0.15) is 52.8 Å². The van der Waals surface area contributed by atoms with Gasteiger partial charge in [0.1, 0.15) is 5.82 Å². The summed E-state index contributed by atoms with van der Waals surface area (Å²) in [6.45, 7) is 9.70. The van der Waals surface area contributed by atoms with E-state index in [9.17, 15) is 0 Å². The van der Waals surface area contributed by atoms with Crippen LogP contribution in [-0.4, -0.2) is 26.4 Å². The summed E-state index contributed by atoms with van der Waals surface area (Å²) in [5, 5.41) is 16.6. The van der Waals surface area contributed by atoms with Gasteiger partial charge in [0.05, 0.1) is 0 Å². The Bertz CT molecular complexity index is 619. The van der Waals surface area contributed by atoms with Crippen molar-refractivity contribution in [2.75, 3.05) is 11.9 Å². The van der Waals surface area contributed by atoms with Gasteiger partial charge >= 0.3 is 0 Å². The maximum Gasteiger partial charge on any atom is 0.178 e. The smallest absolute Gasteiger partial charge is 0.178 e. The molecule has 5 nitrogen and oxygen atoms in total. The molecule has 0 atom stereocenters. The molecule has 1 aliphatic carbocycles. The predicted octanol–water partition coefficient (Wildman–Crippen LogP) is 3.02. The molecule has 1 aliphatic rings. The van der Waals surface area contributed by atoms with E-state index in [2.05, 4.69) is 48.3 Å². The average molecular weight is 273 g/mol. The first-order chi connectivity index (χ1) is 9.37. The molecule has 1 fully saturated rings. The Kier molecular flexibility index (Phi) is 2.96. The van der Waals surface area contributed by atoms with Crippen LogP contribution in [-0.2, 0) is 5.41 Å². The Morgan fingerprint density at radius 2 is 2.00 bits per heavy atom. The van der Waals surface area contributed by atoms with Crippen LogP contribution in [0.4, 0.5) is 5.82 Å². The Labute approximate surface area is 119 Å². The van der Waals surface area contributed by atoms with Gasteiger partial charge in [0.2, 0.25) is 0 Å². The molecule has 0 unspecified atom stereocenters. The SMILES string of the molecule is CC1(CNc2ccc3nnc(C(C)(C)C)n3n2)CCC1. The molecule has 1 N–H and O–H groups in total. The highest BCUT2D eigenvalue weighted by molar-refractivity contribution is 5.44. The lowest BCUT2D eigenvalue weighted by molar-refractivity contribution is 0.179. The van der Waals surface area contributed by atoms with Crippen molar-refractivity contribution in [1.82, 2.24) is 19.8 Å². The van der Waals surface area contributed by atoms with E-state index >= 15 is 0 Å².